The molecule has 4 nitrogen and oxygen atoms in total. The van der Waals surface area contributed by atoms with E-state index in [4.69, 9.17) is 14.0 Å². The zero-order chi connectivity index (χ0) is 9.52. The number of aromatic nitrogens is 1. The fourth-order valence-corrected chi connectivity index (χ4v) is 0.968. The minimum absolute atomic E-state index is 0.515. The van der Waals surface area contributed by atoms with Crippen LogP contribution in [0, 0.1) is 6.92 Å². The molecule has 0 N–H and O–H groups in total. The zero-order valence-corrected chi connectivity index (χ0v) is 8.08. The van der Waals surface area contributed by atoms with Gasteiger partial charge in [-0.3, -0.25) is 0 Å². The molecule has 0 atom stereocenters. The highest BCUT2D eigenvalue weighted by Gasteiger charge is 1.99. The summed E-state index contributed by atoms with van der Waals surface area (Å²) in [6.07, 6.45) is 0.910. The third-order valence-electron chi connectivity index (χ3n) is 1.56. The van der Waals surface area contributed by atoms with Gasteiger partial charge in [0, 0.05) is 26.4 Å². The Bertz CT molecular complexity index is 235. The Morgan fingerprint density at radius 1 is 1.46 bits per heavy atom. The van der Waals surface area contributed by atoms with Crippen LogP contribution >= 0.6 is 0 Å². The molecule has 0 aliphatic heterocycles. The Hall–Kier alpha value is -0.870. The summed E-state index contributed by atoms with van der Waals surface area (Å²) < 4.78 is 15.1. The molecule has 0 saturated carbocycles. The van der Waals surface area contributed by atoms with Crippen molar-refractivity contribution in [3.63, 3.8) is 0 Å². The van der Waals surface area contributed by atoms with Crippen molar-refractivity contribution in [3.05, 3.63) is 17.5 Å². The van der Waals surface area contributed by atoms with Gasteiger partial charge < -0.3 is 14.0 Å². The molecular formula is C9H15NO3. The lowest BCUT2D eigenvalue weighted by Gasteiger charge is -1.99. The van der Waals surface area contributed by atoms with Gasteiger partial charge in [-0.2, -0.15) is 0 Å². The van der Waals surface area contributed by atoms with Crippen LogP contribution in [-0.4, -0.2) is 25.5 Å². The Kier molecular flexibility index (Phi) is 4.49. The van der Waals surface area contributed by atoms with Crippen LogP contribution in [0.3, 0.4) is 0 Å². The van der Waals surface area contributed by atoms with E-state index in [1.807, 2.05) is 13.0 Å². The molecule has 0 aliphatic rings. The summed E-state index contributed by atoms with van der Waals surface area (Å²) in [5.41, 5.74) is 0.843. The molecule has 4 heteroatoms. The van der Waals surface area contributed by atoms with Crippen LogP contribution in [0.25, 0.3) is 0 Å². The third kappa shape index (κ3) is 4.05. The van der Waals surface area contributed by atoms with Gasteiger partial charge in [0.1, 0.15) is 11.5 Å². The van der Waals surface area contributed by atoms with E-state index >= 15 is 0 Å². The molecule has 0 aliphatic carbocycles. The van der Waals surface area contributed by atoms with Crippen molar-refractivity contribution in [1.82, 2.24) is 5.16 Å². The maximum absolute atomic E-state index is 5.33. The summed E-state index contributed by atoms with van der Waals surface area (Å²) >= 11 is 0. The largest absolute Gasteiger partial charge is 0.385 e. The molecule has 0 amide bonds. The first-order valence-corrected chi connectivity index (χ1v) is 4.32. The highest BCUT2D eigenvalue weighted by atomic mass is 16.5. The lowest BCUT2D eigenvalue weighted by molar-refractivity contribution is 0.0894. The van der Waals surface area contributed by atoms with Crippen LogP contribution < -0.4 is 0 Å². The maximum atomic E-state index is 5.33. The van der Waals surface area contributed by atoms with Gasteiger partial charge >= 0.3 is 0 Å². The quantitative estimate of drug-likeness (QED) is 0.630. The highest BCUT2D eigenvalue weighted by Crippen LogP contribution is 2.02. The predicted molar refractivity (Wildman–Crippen MR) is 47.4 cm³/mol. The molecule has 1 aromatic rings. The summed E-state index contributed by atoms with van der Waals surface area (Å²) in [6, 6.07) is 1.87. The second-order valence-electron chi connectivity index (χ2n) is 2.83. The van der Waals surface area contributed by atoms with Gasteiger partial charge in [-0.05, 0) is 13.3 Å². The number of rotatable bonds is 6. The monoisotopic (exact) mass is 185 g/mol. The number of aryl methyl sites for hydroxylation is 1. The molecule has 0 fully saturated rings. The molecule has 74 valence electrons. The van der Waals surface area contributed by atoms with Crippen molar-refractivity contribution in [1.29, 1.82) is 0 Å². The van der Waals surface area contributed by atoms with E-state index in [1.54, 1.807) is 7.11 Å². The van der Waals surface area contributed by atoms with Crippen molar-refractivity contribution in [2.75, 3.05) is 20.3 Å². The van der Waals surface area contributed by atoms with E-state index in [0.717, 1.165) is 24.5 Å². The minimum atomic E-state index is 0.515. The van der Waals surface area contributed by atoms with Gasteiger partial charge in [0.05, 0.1) is 6.61 Å². The molecule has 0 unspecified atom stereocenters. The SMILES string of the molecule is COCCCOCc1cc(C)on1. The van der Waals surface area contributed by atoms with Gasteiger partial charge in [0.2, 0.25) is 0 Å². The van der Waals surface area contributed by atoms with Crippen molar-refractivity contribution >= 4 is 0 Å². The molecule has 1 heterocycles. The van der Waals surface area contributed by atoms with Crippen molar-refractivity contribution < 1.29 is 14.0 Å². The molecule has 13 heavy (non-hydrogen) atoms. The molecule has 1 rings (SSSR count). The Balaban J connectivity index is 2.06. The second-order valence-corrected chi connectivity index (χ2v) is 2.83. The van der Waals surface area contributed by atoms with Crippen molar-refractivity contribution in [2.45, 2.75) is 20.0 Å². The molecule has 0 aromatic carbocycles. The van der Waals surface area contributed by atoms with Crippen LogP contribution in [0.1, 0.15) is 17.9 Å². The molecule has 0 radical (unpaired) electrons. The second kappa shape index (κ2) is 5.72. The summed E-state index contributed by atoms with van der Waals surface area (Å²) in [5, 5.41) is 3.80. The molecular weight excluding hydrogens is 170 g/mol. The van der Waals surface area contributed by atoms with E-state index in [-0.39, 0.29) is 0 Å². The number of hydrogen-bond acceptors (Lipinski definition) is 4. The smallest absolute Gasteiger partial charge is 0.134 e. The molecule has 0 bridgehead atoms. The van der Waals surface area contributed by atoms with Gasteiger partial charge in [-0.1, -0.05) is 5.16 Å². The first kappa shape index (κ1) is 10.2. The molecule has 1 aromatic heterocycles. The number of nitrogens with zero attached hydrogens (tertiary/aromatic N) is 1. The fourth-order valence-electron chi connectivity index (χ4n) is 0.968. The van der Waals surface area contributed by atoms with Gasteiger partial charge in [-0.25, -0.2) is 0 Å². The fraction of sp³-hybridized carbons (Fsp3) is 0.667. The highest BCUT2D eigenvalue weighted by molar-refractivity contribution is 5.01. The molecule has 0 spiro atoms. The van der Waals surface area contributed by atoms with E-state index in [0.29, 0.717) is 13.2 Å². The first-order valence-electron chi connectivity index (χ1n) is 4.32. The normalized spacial score (nSPS) is 10.6. The lowest BCUT2D eigenvalue weighted by atomic mass is 10.4. The topological polar surface area (TPSA) is 44.5 Å². The van der Waals surface area contributed by atoms with Crippen molar-refractivity contribution in [3.8, 4) is 0 Å². The number of hydrogen-bond donors (Lipinski definition) is 0. The van der Waals surface area contributed by atoms with E-state index in [1.165, 1.54) is 0 Å². The Labute approximate surface area is 77.8 Å². The van der Waals surface area contributed by atoms with Crippen molar-refractivity contribution in [2.24, 2.45) is 0 Å². The summed E-state index contributed by atoms with van der Waals surface area (Å²) in [6.45, 7) is 3.81. The first-order chi connectivity index (χ1) is 6.33. The third-order valence-corrected chi connectivity index (χ3v) is 1.56. The Morgan fingerprint density at radius 2 is 2.31 bits per heavy atom. The maximum Gasteiger partial charge on any atom is 0.134 e. The van der Waals surface area contributed by atoms with E-state index in [2.05, 4.69) is 5.16 Å². The zero-order valence-electron chi connectivity index (χ0n) is 8.08. The molecule has 0 saturated heterocycles. The Morgan fingerprint density at radius 3 is 2.92 bits per heavy atom. The lowest BCUT2D eigenvalue weighted by Crippen LogP contribution is -1.99. The van der Waals surface area contributed by atoms with Crippen LogP contribution in [0.2, 0.25) is 0 Å². The van der Waals surface area contributed by atoms with E-state index in [9.17, 15) is 0 Å². The van der Waals surface area contributed by atoms with Crippen LogP contribution in [0.4, 0.5) is 0 Å². The summed E-state index contributed by atoms with van der Waals surface area (Å²) in [5.74, 6) is 0.815. The van der Waals surface area contributed by atoms with Gasteiger partial charge in [0.15, 0.2) is 0 Å². The average Bonchev–Trinajstić information content (AvgIpc) is 2.51. The van der Waals surface area contributed by atoms with Gasteiger partial charge in [0.25, 0.3) is 0 Å². The van der Waals surface area contributed by atoms with Crippen LogP contribution in [0.5, 0.6) is 0 Å². The number of ether oxygens (including phenoxy) is 2. The van der Waals surface area contributed by atoms with Gasteiger partial charge in [-0.15, -0.1) is 0 Å². The van der Waals surface area contributed by atoms with Crippen LogP contribution in [-0.2, 0) is 16.1 Å². The summed E-state index contributed by atoms with van der Waals surface area (Å²) in [4.78, 5) is 0. The van der Waals surface area contributed by atoms with Crippen LogP contribution in [0.15, 0.2) is 10.6 Å². The standard InChI is InChI=1S/C9H15NO3/c1-8-6-9(10-13-8)7-12-5-3-4-11-2/h6H,3-5,7H2,1-2H3. The average molecular weight is 185 g/mol. The minimum Gasteiger partial charge on any atom is -0.385 e. The van der Waals surface area contributed by atoms with E-state index < -0.39 is 0 Å². The summed E-state index contributed by atoms with van der Waals surface area (Å²) in [7, 11) is 1.68. The predicted octanol–water partition coefficient (Wildman–Crippen LogP) is 1.54. The number of methoxy groups -OCH3 is 1.